The lowest BCUT2D eigenvalue weighted by atomic mass is 10.3. The van der Waals surface area contributed by atoms with E-state index in [0.717, 1.165) is 0 Å². The maximum atomic E-state index is 12.0. The molecule has 1 aromatic heterocycles. The fourth-order valence-electron chi connectivity index (χ4n) is 2.47. The zero-order valence-electron chi connectivity index (χ0n) is 13.8. The number of benzene rings is 1. The predicted molar refractivity (Wildman–Crippen MR) is 94.4 cm³/mol. The molecular formula is C15H18N6O3S. The summed E-state index contributed by atoms with van der Waals surface area (Å²) >= 11 is 0. The molecule has 1 aliphatic heterocycles. The van der Waals surface area contributed by atoms with Crippen LogP contribution in [0, 0.1) is 0 Å². The molecule has 0 aliphatic carbocycles. The van der Waals surface area contributed by atoms with E-state index in [0.29, 0.717) is 36.1 Å². The molecule has 0 fully saturated rings. The summed E-state index contributed by atoms with van der Waals surface area (Å²) in [5, 5.41) is 8.09. The van der Waals surface area contributed by atoms with E-state index in [9.17, 15) is 13.2 Å². The first-order valence-corrected chi connectivity index (χ1v) is 9.05. The SMILES string of the molecule is CN1CCC(=O)N(C)c2cnc(Nc3ccc(S(N)(=O)=O)cc3)nc21. The van der Waals surface area contributed by atoms with E-state index in [1.165, 1.54) is 12.1 Å². The molecule has 3 rings (SSSR count). The standard InChI is InChI=1S/C15H18N6O3S/c1-20-8-7-13(22)21(2)12-9-17-15(19-14(12)20)18-10-3-5-11(6-4-10)25(16,23)24/h3-6,9H,7-8H2,1-2H3,(H2,16,23,24)(H,17,18,19). The number of sulfonamides is 1. The first-order chi connectivity index (χ1) is 11.8. The van der Waals surface area contributed by atoms with Gasteiger partial charge in [0.05, 0.1) is 11.1 Å². The predicted octanol–water partition coefficient (Wildman–Crippen LogP) is 0.670. The second-order valence-corrected chi connectivity index (χ2v) is 7.28. The quantitative estimate of drug-likeness (QED) is 0.823. The van der Waals surface area contributed by atoms with Crippen molar-refractivity contribution >= 4 is 39.1 Å². The number of nitrogens with two attached hydrogens (primary N) is 1. The number of anilines is 4. The van der Waals surface area contributed by atoms with E-state index in [1.54, 1.807) is 30.3 Å². The largest absolute Gasteiger partial charge is 0.357 e. The minimum atomic E-state index is -3.73. The third-order valence-corrected chi connectivity index (χ3v) is 4.88. The summed E-state index contributed by atoms with van der Waals surface area (Å²) in [7, 11) is -0.169. The maximum Gasteiger partial charge on any atom is 0.238 e. The molecule has 3 N–H and O–H groups in total. The van der Waals surface area contributed by atoms with Gasteiger partial charge in [-0.25, -0.2) is 18.5 Å². The average molecular weight is 362 g/mol. The van der Waals surface area contributed by atoms with Crippen LogP contribution in [0.25, 0.3) is 0 Å². The number of aromatic nitrogens is 2. The summed E-state index contributed by atoms with van der Waals surface area (Å²) in [6.45, 7) is 0.565. The van der Waals surface area contributed by atoms with Crippen molar-refractivity contribution in [3.05, 3.63) is 30.5 Å². The molecule has 0 spiro atoms. The maximum absolute atomic E-state index is 12.0. The Morgan fingerprint density at radius 2 is 1.88 bits per heavy atom. The van der Waals surface area contributed by atoms with Crippen molar-refractivity contribution in [1.29, 1.82) is 0 Å². The number of hydrogen-bond donors (Lipinski definition) is 2. The van der Waals surface area contributed by atoms with Gasteiger partial charge in [0.1, 0.15) is 5.69 Å². The lowest BCUT2D eigenvalue weighted by molar-refractivity contribution is -0.118. The summed E-state index contributed by atoms with van der Waals surface area (Å²) in [6, 6.07) is 5.96. The smallest absolute Gasteiger partial charge is 0.238 e. The van der Waals surface area contributed by atoms with Crippen molar-refractivity contribution in [1.82, 2.24) is 9.97 Å². The van der Waals surface area contributed by atoms with Gasteiger partial charge in [-0.2, -0.15) is 4.98 Å². The zero-order chi connectivity index (χ0) is 18.2. The Bertz CT molecular complexity index is 913. The van der Waals surface area contributed by atoms with Crippen LogP contribution in [0.5, 0.6) is 0 Å². The van der Waals surface area contributed by atoms with Crippen LogP contribution in [-0.2, 0) is 14.8 Å². The Morgan fingerprint density at radius 3 is 2.52 bits per heavy atom. The number of amides is 1. The third-order valence-electron chi connectivity index (χ3n) is 3.95. The molecule has 0 bridgehead atoms. The van der Waals surface area contributed by atoms with E-state index in [1.807, 2.05) is 11.9 Å². The van der Waals surface area contributed by atoms with Gasteiger partial charge < -0.3 is 15.1 Å². The molecule has 2 aromatic rings. The molecule has 9 nitrogen and oxygen atoms in total. The Morgan fingerprint density at radius 1 is 1.20 bits per heavy atom. The molecule has 0 saturated heterocycles. The van der Waals surface area contributed by atoms with Crippen LogP contribution in [0.1, 0.15) is 6.42 Å². The number of nitrogens with zero attached hydrogens (tertiary/aromatic N) is 4. The molecule has 10 heteroatoms. The zero-order valence-corrected chi connectivity index (χ0v) is 14.6. The van der Waals surface area contributed by atoms with E-state index in [2.05, 4.69) is 15.3 Å². The van der Waals surface area contributed by atoms with Crippen molar-refractivity contribution in [2.24, 2.45) is 5.14 Å². The summed E-state index contributed by atoms with van der Waals surface area (Å²) < 4.78 is 22.6. The number of carbonyl (C=O) groups is 1. The van der Waals surface area contributed by atoms with Crippen LogP contribution in [0.4, 0.5) is 23.1 Å². The third kappa shape index (κ3) is 3.54. The fraction of sp³-hybridized carbons (Fsp3) is 0.267. The van der Waals surface area contributed by atoms with Crippen molar-refractivity contribution in [3.63, 3.8) is 0 Å². The number of hydrogen-bond acceptors (Lipinski definition) is 7. The van der Waals surface area contributed by atoms with Crippen LogP contribution in [0.2, 0.25) is 0 Å². The summed E-state index contributed by atoms with van der Waals surface area (Å²) in [6.07, 6.45) is 1.99. The van der Waals surface area contributed by atoms with Gasteiger partial charge in [-0.3, -0.25) is 4.79 Å². The minimum absolute atomic E-state index is 0.00786. The molecular weight excluding hydrogens is 344 g/mol. The van der Waals surface area contributed by atoms with Crippen molar-refractivity contribution in [2.45, 2.75) is 11.3 Å². The number of nitrogens with one attached hydrogen (secondary N) is 1. The molecule has 2 heterocycles. The van der Waals surface area contributed by atoms with Crippen LogP contribution >= 0.6 is 0 Å². The number of rotatable bonds is 3. The highest BCUT2D eigenvalue weighted by Gasteiger charge is 2.23. The van der Waals surface area contributed by atoms with Crippen LogP contribution in [0.3, 0.4) is 0 Å². The van der Waals surface area contributed by atoms with Gasteiger partial charge in [0.25, 0.3) is 0 Å². The Balaban J connectivity index is 1.88. The van der Waals surface area contributed by atoms with Crippen LogP contribution in [0.15, 0.2) is 35.4 Å². The molecule has 25 heavy (non-hydrogen) atoms. The molecule has 0 unspecified atom stereocenters. The van der Waals surface area contributed by atoms with Gasteiger partial charge >= 0.3 is 0 Å². The molecule has 0 saturated carbocycles. The molecule has 0 atom stereocenters. The fourth-order valence-corrected chi connectivity index (χ4v) is 2.99. The highest BCUT2D eigenvalue weighted by molar-refractivity contribution is 7.89. The monoisotopic (exact) mass is 362 g/mol. The number of fused-ring (bicyclic) bond motifs is 1. The first-order valence-electron chi connectivity index (χ1n) is 7.50. The van der Waals surface area contributed by atoms with Crippen molar-refractivity contribution < 1.29 is 13.2 Å². The number of primary sulfonamides is 1. The number of carbonyl (C=O) groups excluding carboxylic acids is 1. The molecule has 132 valence electrons. The lowest BCUT2D eigenvalue weighted by Crippen LogP contribution is -2.25. The Kier molecular flexibility index (Phi) is 4.31. The van der Waals surface area contributed by atoms with Crippen molar-refractivity contribution in [3.8, 4) is 0 Å². The highest BCUT2D eigenvalue weighted by Crippen LogP contribution is 2.30. The van der Waals surface area contributed by atoms with Gasteiger partial charge in [-0.15, -0.1) is 0 Å². The van der Waals surface area contributed by atoms with Gasteiger partial charge in [0, 0.05) is 32.7 Å². The van der Waals surface area contributed by atoms with Gasteiger partial charge in [0.2, 0.25) is 21.9 Å². The summed E-state index contributed by atoms with van der Waals surface area (Å²) in [5.74, 6) is 0.997. The molecule has 0 radical (unpaired) electrons. The topological polar surface area (TPSA) is 122 Å². The molecule has 1 aromatic carbocycles. The van der Waals surface area contributed by atoms with E-state index >= 15 is 0 Å². The molecule has 1 aliphatic rings. The molecule has 1 amide bonds. The van der Waals surface area contributed by atoms with Crippen LogP contribution < -0.4 is 20.3 Å². The second-order valence-electron chi connectivity index (χ2n) is 5.72. The van der Waals surface area contributed by atoms with E-state index in [-0.39, 0.29) is 10.8 Å². The minimum Gasteiger partial charge on any atom is -0.357 e. The van der Waals surface area contributed by atoms with Gasteiger partial charge in [-0.05, 0) is 24.3 Å². The first kappa shape index (κ1) is 17.1. The second kappa shape index (κ2) is 6.30. The Hall–Kier alpha value is -2.72. The van der Waals surface area contributed by atoms with E-state index < -0.39 is 10.0 Å². The average Bonchev–Trinajstić information content (AvgIpc) is 2.67. The van der Waals surface area contributed by atoms with Crippen molar-refractivity contribution in [2.75, 3.05) is 35.8 Å². The normalized spacial score (nSPS) is 14.9. The summed E-state index contributed by atoms with van der Waals surface area (Å²) in [5.41, 5.74) is 1.26. The van der Waals surface area contributed by atoms with Gasteiger partial charge in [0.15, 0.2) is 5.82 Å². The Labute approximate surface area is 145 Å². The van der Waals surface area contributed by atoms with Crippen LogP contribution in [-0.4, -0.2) is 44.9 Å². The van der Waals surface area contributed by atoms with E-state index in [4.69, 9.17) is 5.14 Å². The highest BCUT2D eigenvalue weighted by atomic mass is 32.2. The summed E-state index contributed by atoms with van der Waals surface area (Å²) in [4.78, 5) is 24.2. The van der Waals surface area contributed by atoms with Gasteiger partial charge in [-0.1, -0.05) is 0 Å². The lowest BCUT2D eigenvalue weighted by Gasteiger charge is -2.20.